The number of aryl methyl sites for hydroxylation is 1. The van der Waals surface area contributed by atoms with E-state index < -0.39 is 0 Å². The molecule has 0 N–H and O–H groups in total. The zero-order valence-electron chi connectivity index (χ0n) is 13.9. The molecule has 0 spiro atoms. The van der Waals surface area contributed by atoms with Gasteiger partial charge in [-0.3, -0.25) is 4.79 Å². The number of hydrogen-bond acceptors (Lipinski definition) is 3. The number of halogens is 2. The van der Waals surface area contributed by atoms with Gasteiger partial charge in [-0.15, -0.1) is 0 Å². The third-order valence-corrected chi connectivity index (χ3v) is 4.93. The molecule has 4 aromatic rings. The molecule has 26 heavy (non-hydrogen) atoms. The molecule has 0 fully saturated rings. The smallest absolute Gasteiger partial charge is 0.265 e. The molecule has 0 radical (unpaired) electrons. The summed E-state index contributed by atoms with van der Waals surface area (Å²) in [5.74, 6) is 0. The molecule has 0 unspecified atom stereocenters. The lowest BCUT2D eigenvalue weighted by Crippen LogP contribution is -2.26. The Morgan fingerprint density at radius 3 is 2.65 bits per heavy atom. The van der Waals surface area contributed by atoms with Gasteiger partial charge in [0, 0.05) is 14.9 Å². The summed E-state index contributed by atoms with van der Waals surface area (Å²) >= 11 is 9.51. The monoisotopic (exact) mass is 428 g/mol. The van der Waals surface area contributed by atoms with E-state index in [0.717, 1.165) is 26.8 Å². The summed E-state index contributed by atoms with van der Waals surface area (Å²) in [7, 11) is 0. The quantitative estimate of drug-likeness (QED) is 0.486. The van der Waals surface area contributed by atoms with Crippen molar-refractivity contribution in [3.63, 3.8) is 0 Å². The Balaban J connectivity index is 1.88. The minimum Gasteiger partial charge on any atom is -0.265 e. The molecule has 4 rings (SSSR count). The molecule has 0 atom stereocenters. The Morgan fingerprint density at radius 1 is 1.15 bits per heavy atom. The van der Waals surface area contributed by atoms with E-state index in [1.54, 1.807) is 23.0 Å². The highest BCUT2D eigenvalue weighted by atomic mass is 79.9. The molecule has 0 bridgehead atoms. The van der Waals surface area contributed by atoms with Crippen LogP contribution in [0.4, 0.5) is 0 Å². The lowest BCUT2D eigenvalue weighted by molar-refractivity contribution is 0.634. The second-order valence-corrected chi connectivity index (χ2v) is 7.33. The van der Waals surface area contributed by atoms with Crippen LogP contribution in [0.5, 0.6) is 0 Å². The van der Waals surface area contributed by atoms with Gasteiger partial charge in [-0.25, -0.2) is 9.36 Å². The van der Waals surface area contributed by atoms with E-state index in [-0.39, 0.29) is 5.56 Å². The van der Waals surface area contributed by atoms with E-state index in [1.165, 1.54) is 4.68 Å². The van der Waals surface area contributed by atoms with Crippen molar-refractivity contribution < 1.29 is 0 Å². The molecule has 0 aliphatic heterocycles. The lowest BCUT2D eigenvalue weighted by Gasteiger charge is -2.09. The van der Waals surface area contributed by atoms with E-state index >= 15 is 0 Å². The van der Waals surface area contributed by atoms with Gasteiger partial charge in [0.1, 0.15) is 5.52 Å². The first-order chi connectivity index (χ1) is 12.5. The second kappa shape index (κ2) is 6.70. The normalized spacial score (nSPS) is 11.2. The largest absolute Gasteiger partial charge is 0.293 e. The molecule has 5 nitrogen and oxygen atoms in total. The lowest BCUT2D eigenvalue weighted by atomic mass is 10.2. The number of fused-ring (bicyclic) bond motifs is 1. The highest BCUT2D eigenvalue weighted by Gasteiger charge is 2.15. The van der Waals surface area contributed by atoms with Crippen LogP contribution in [0, 0.1) is 6.92 Å². The molecule has 2 heterocycles. The average Bonchev–Trinajstić information content (AvgIpc) is 3.07. The van der Waals surface area contributed by atoms with Crippen molar-refractivity contribution in [2.45, 2.75) is 13.5 Å². The third-order valence-electron chi connectivity index (χ3n) is 4.17. The number of rotatable bonds is 3. The number of hydrogen-bond donors (Lipinski definition) is 0. The Labute approximate surface area is 163 Å². The van der Waals surface area contributed by atoms with Gasteiger partial charge in [0.25, 0.3) is 5.56 Å². The van der Waals surface area contributed by atoms with Crippen LogP contribution in [-0.4, -0.2) is 19.6 Å². The molecule has 0 amide bonds. The standard InChI is InChI=1S/C19H14BrClN4O/c1-12-17-10-22-25(16-4-2-3-15(21)9-16)18(17)19(26)24(23-12)11-13-5-7-14(20)8-6-13/h2-10H,11H2,1H3. The maximum absolute atomic E-state index is 13.1. The fourth-order valence-corrected chi connectivity index (χ4v) is 3.34. The second-order valence-electron chi connectivity index (χ2n) is 5.97. The molecule has 0 aliphatic rings. The number of aromatic nitrogens is 4. The predicted molar refractivity (Wildman–Crippen MR) is 106 cm³/mol. The van der Waals surface area contributed by atoms with Gasteiger partial charge in [-0.1, -0.05) is 45.7 Å². The fraction of sp³-hybridized carbons (Fsp3) is 0.105. The molecule has 0 aliphatic carbocycles. The maximum Gasteiger partial charge on any atom is 0.293 e. The molecule has 2 aromatic carbocycles. The van der Waals surface area contributed by atoms with Crippen molar-refractivity contribution in [2.75, 3.05) is 0 Å². The van der Waals surface area contributed by atoms with Gasteiger partial charge < -0.3 is 0 Å². The van der Waals surface area contributed by atoms with Crippen molar-refractivity contribution in [1.29, 1.82) is 0 Å². The van der Waals surface area contributed by atoms with Crippen molar-refractivity contribution in [3.8, 4) is 5.69 Å². The number of nitrogens with zero attached hydrogens (tertiary/aromatic N) is 4. The summed E-state index contributed by atoms with van der Waals surface area (Å²) in [4.78, 5) is 13.1. The minimum atomic E-state index is -0.189. The van der Waals surface area contributed by atoms with Crippen LogP contribution >= 0.6 is 27.5 Å². The molecular weight excluding hydrogens is 416 g/mol. The van der Waals surface area contributed by atoms with E-state index in [9.17, 15) is 4.79 Å². The topological polar surface area (TPSA) is 52.7 Å². The first-order valence-electron chi connectivity index (χ1n) is 7.99. The molecule has 130 valence electrons. The van der Waals surface area contributed by atoms with Crippen LogP contribution in [0.3, 0.4) is 0 Å². The molecule has 2 aromatic heterocycles. The number of benzene rings is 2. The van der Waals surface area contributed by atoms with Crippen molar-refractivity contribution in [3.05, 3.63) is 85.8 Å². The van der Waals surface area contributed by atoms with Crippen LogP contribution in [0.2, 0.25) is 5.02 Å². The Hall–Kier alpha value is -2.44. The van der Waals surface area contributed by atoms with Gasteiger partial charge in [-0.2, -0.15) is 10.2 Å². The minimum absolute atomic E-state index is 0.189. The SMILES string of the molecule is Cc1nn(Cc2ccc(Br)cc2)c(=O)c2c1cnn2-c1cccc(Cl)c1. The van der Waals surface area contributed by atoms with Crippen LogP contribution in [-0.2, 0) is 6.54 Å². The summed E-state index contributed by atoms with van der Waals surface area (Å²) in [6, 6.07) is 15.1. The van der Waals surface area contributed by atoms with Gasteiger partial charge >= 0.3 is 0 Å². The van der Waals surface area contributed by atoms with Gasteiger partial charge in [-0.05, 0) is 42.8 Å². The summed E-state index contributed by atoms with van der Waals surface area (Å²) in [5.41, 5.74) is 2.80. The summed E-state index contributed by atoms with van der Waals surface area (Å²) in [6.07, 6.45) is 1.67. The van der Waals surface area contributed by atoms with E-state index in [2.05, 4.69) is 26.1 Å². The van der Waals surface area contributed by atoms with Crippen molar-refractivity contribution >= 4 is 38.4 Å². The van der Waals surface area contributed by atoms with Gasteiger partial charge in [0.05, 0.1) is 24.1 Å². The highest BCUT2D eigenvalue weighted by molar-refractivity contribution is 9.10. The van der Waals surface area contributed by atoms with Crippen LogP contribution in [0.25, 0.3) is 16.6 Å². The van der Waals surface area contributed by atoms with Crippen LogP contribution in [0.15, 0.2) is 64.0 Å². The van der Waals surface area contributed by atoms with Crippen molar-refractivity contribution in [2.24, 2.45) is 0 Å². The van der Waals surface area contributed by atoms with E-state index in [1.807, 2.05) is 43.3 Å². The fourth-order valence-electron chi connectivity index (χ4n) is 2.90. The zero-order chi connectivity index (χ0) is 18.3. The maximum atomic E-state index is 13.1. The molecule has 7 heteroatoms. The molecule has 0 saturated heterocycles. The molecule has 0 saturated carbocycles. The van der Waals surface area contributed by atoms with Crippen LogP contribution in [0.1, 0.15) is 11.3 Å². The summed E-state index contributed by atoms with van der Waals surface area (Å²) in [5, 5.41) is 10.2. The highest BCUT2D eigenvalue weighted by Crippen LogP contribution is 2.20. The average molecular weight is 430 g/mol. The zero-order valence-corrected chi connectivity index (χ0v) is 16.2. The van der Waals surface area contributed by atoms with Gasteiger partial charge in [0.15, 0.2) is 0 Å². The Morgan fingerprint density at radius 2 is 1.92 bits per heavy atom. The first kappa shape index (κ1) is 17.0. The Kier molecular flexibility index (Phi) is 4.38. The van der Waals surface area contributed by atoms with Crippen LogP contribution < -0.4 is 5.56 Å². The van der Waals surface area contributed by atoms with E-state index in [4.69, 9.17) is 11.6 Å². The third kappa shape index (κ3) is 3.06. The summed E-state index contributed by atoms with van der Waals surface area (Å²) < 4.78 is 4.09. The Bertz CT molecular complexity index is 1160. The first-order valence-corrected chi connectivity index (χ1v) is 9.16. The molecular formula is C19H14BrClN4O. The van der Waals surface area contributed by atoms with Gasteiger partial charge in [0.2, 0.25) is 0 Å². The summed E-state index contributed by atoms with van der Waals surface area (Å²) in [6.45, 7) is 2.27. The van der Waals surface area contributed by atoms with E-state index in [0.29, 0.717) is 17.1 Å². The van der Waals surface area contributed by atoms with Crippen molar-refractivity contribution in [1.82, 2.24) is 19.6 Å². The predicted octanol–water partition coefficient (Wildman–Crippen LogP) is 4.35.